The molecular formula is C23H25N3O5. The molecule has 162 valence electrons. The van der Waals surface area contributed by atoms with Gasteiger partial charge in [0.1, 0.15) is 11.5 Å². The van der Waals surface area contributed by atoms with Crippen LogP contribution in [0.5, 0.6) is 11.5 Å². The SMILES string of the molecule is COc1cc(NC(=O)C(=O)NC(C)(C)CCOc2ccccc2)ccc1-c1cnco1. The molecule has 2 amide bonds. The fourth-order valence-corrected chi connectivity index (χ4v) is 2.88. The lowest BCUT2D eigenvalue weighted by molar-refractivity contribution is -0.137. The summed E-state index contributed by atoms with van der Waals surface area (Å²) in [6, 6.07) is 14.4. The van der Waals surface area contributed by atoms with Gasteiger partial charge in [-0.1, -0.05) is 18.2 Å². The van der Waals surface area contributed by atoms with Crippen LogP contribution >= 0.6 is 0 Å². The van der Waals surface area contributed by atoms with E-state index < -0.39 is 17.4 Å². The summed E-state index contributed by atoms with van der Waals surface area (Å²) in [6.07, 6.45) is 3.41. The van der Waals surface area contributed by atoms with E-state index >= 15 is 0 Å². The van der Waals surface area contributed by atoms with Crippen LogP contribution in [0.1, 0.15) is 20.3 Å². The fourth-order valence-electron chi connectivity index (χ4n) is 2.88. The summed E-state index contributed by atoms with van der Waals surface area (Å²) < 4.78 is 16.3. The number of para-hydroxylation sites is 1. The number of hydrogen-bond acceptors (Lipinski definition) is 6. The molecule has 3 rings (SSSR count). The van der Waals surface area contributed by atoms with Crippen LogP contribution in [0, 0.1) is 0 Å². The first-order chi connectivity index (χ1) is 14.9. The summed E-state index contributed by atoms with van der Waals surface area (Å²) in [7, 11) is 1.51. The molecule has 1 heterocycles. The molecule has 0 aliphatic heterocycles. The van der Waals surface area contributed by atoms with Gasteiger partial charge in [0.2, 0.25) is 0 Å². The van der Waals surface area contributed by atoms with Crippen molar-refractivity contribution in [2.75, 3.05) is 19.0 Å². The maximum absolute atomic E-state index is 12.4. The Kier molecular flexibility index (Phi) is 6.92. The number of hydrogen-bond donors (Lipinski definition) is 2. The minimum Gasteiger partial charge on any atom is -0.496 e. The molecule has 0 aliphatic rings. The summed E-state index contributed by atoms with van der Waals surface area (Å²) in [5.74, 6) is 0.264. The van der Waals surface area contributed by atoms with Gasteiger partial charge in [0, 0.05) is 23.7 Å². The van der Waals surface area contributed by atoms with Gasteiger partial charge in [-0.2, -0.15) is 0 Å². The lowest BCUT2D eigenvalue weighted by Crippen LogP contribution is -2.48. The second-order valence-electron chi connectivity index (χ2n) is 7.48. The number of nitrogens with zero attached hydrogens (tertiary/aromatic N) is 1. The number of ether oxygens (including phenoxy) is 2. The van der Waals surface area contributed by atoms with E-state index in [4.69, 9.17) is 13.9 Å². The number of amides is 2. The summed E-state index contributed by atoms with van der Waals surface area (Å²) in [4.78, 5) is 28.6. The van der Waals surface area contributed by atoms with Crippen LogP contribution in [0.15, 0.2) is 65.5 Å². The van der Waals surface area contributed by atoms with Crippen molar-refractivity contribution >= 4 is 17.5 Å². The maximum Gasteiger partial charge on any atom is 0.313 e. The van der Waals surface area contributed by atoms with Crippen molar-refractivity contribution in [1.29, 1.82) is 0 Å². The standard InChI is InChI=1S/C23H25N3O5/c1-23(2,11-12-30-17-7-5-4-6-8-17)26-22(28)21(27)25-16-9-10-18(19(13-16)29-3)20-14-24-15-31-20/h4-10,13-15H,11-12H2,1-3H3,(H,25,27)(H,26,28). The van der Waals surface area contributed by atoms with Crippen molar-refractivity contribution in [2.45, 2.75) is 25.8 Å². The lowest BCUT2D eigenvalue weighted by Gasteiger charge is -2.26. The topological polar surface area (TPSA) is 103 Å². The van der Waals surface area contributed by atoms with E-state index in [1.54, 1.807) is 24.4 Å². The largest absolute Gasteiger partial charge is 0.496 e. The number of carbonyl (C=O) groups is 2. The number of methoxy groups -OCH3 is 1. The molecule has 2 aromatic carbocycles. The summed E-state index contributed by atoms with van der Waals surface area (Å²) in [5, 5.41) is 5.32. The Morgan fingerprint density at radius 1 is 1.10 bits per heavy atom. The minimum absolute atomic E-state index is 0.402. The third kappa shape index (κ3) is 6.08. The average Bonchev–Trinajstić information content (AvgIpc) is 3.28. The third-order valence-corrected chi connectivity index (χ3v) is 4.55. The zero-order valence-corrected chi connectivity index (χ0v) is 17.7. The second kappa shape index (κ2) is 9.80. The van der Waals surface area contributed by atoms with Crippen LogP contribution in [0.4, 0.5) is 5.69 Å². The minimum atomic E-state index is -0.772. The number of benzene rings is 2. The molecule has 8 nitrogen and oxygen atoms in total. The van der Waals surface area contributed by atoms with E-state index in [-0.39, 0.29) is 0 Å². The number of oxazole rings is 1. The molecule has 0 radical (unpaired) electrons. The molecule has 3 aromatic rings. The van der Waals surface area contributed by atoms with E-state index in [1.807, 2.05) is 44.2 Å². The van der Waals surface area contributed by atoms with Gasteiger partial charge in [0.05, 0.1) is 25.5 Å². The Bertz CT molecular complexity index is 1020. The quantitative estimate of drug-likeness (QED) is 0.536. The molecule has 0 unspecified atom stereocenters. The highest BCUT2D eigenvalue weighted by atomic mass is 16.5. The Labute approximate surface area is 180 Å². The van der Waals surface area contributed by atoms with Gasteiger partial charge < -0.3 is 24.5 Å². The number of carbonyl (C=O) groups excluding carboxylic acids is 2. The van der Waals surface area contributed by atoms with Crippen LogP contribution in [-0.2, 0) is 9.59 Å². The molecule has 0 spiro atoms. The number of anilines is 1. The van der Waals surface area contributed by atoms with E-state index in [0.717, 1.165) is 5.75 Å². The highest BCUT2D eigenvalue weighted by Crippen LogP contribution is 2.32. The summed E-state index contributed by atoms with van der Waals surface area (Å²) >= 11 is 0. The van der Waals surface area contributed by atoms with Crippen LogP contribution in [0.3, 0.4) is 0 Å². The third-order valence-electron chi connectivity index (χ3n) is 4.55. The van der Waals surface area contributed by atoms with Gasteiger partial charge in [0.15, 0.2) is 12.2 Å². The van der Waals surface area contributed by atoms with Gasteiger partial charge in [-0.15, -0.1) is 0 Å². The fraction of sp³-hybridized carbons (Fsp3) is 0.261. The van der Waals surface area contributed by atoms with Crippen LogP contribution in [0.2, 0.25) is 0 Å². The van der Waals surface area contributed by atoms with Crippen LogP contribution in [0.25, 0.3) is 11.3 Å². The smallest absolute Gasteiger partial charge is 0.313 e. The molecule has 31 heavy (non-hydrogen) atoms. The van der Waals surface area contributed by atoms with Crippen LogP contribution in [-0.4, -0.2) is 36.1 Å². The van der Waals surface area contributed by atoms with Crippen LogP contribution < -0.4 is 20.1 Å². The zero-order valence-electron chi connectivity index (χ0n) is 17.7. The van der Waals surface area contributed by atoms with Crippen molar-refractivity contribution in [3.8, 4) is 22.8 Å². The van der Waals surface area contributed by atoms with Gasteiger partial charge >= 0.3 is 11.8 Å². The monoisotopic (exact) mass is 423 g/mol. The average molecular weight is 423 g/mol. The Hall–Kier alpha value is -3.81. The molecule has 2 N–H and O–H groups in total. The molecular weight excluding hydrogens is 398 g/mol. The van der Waals surface area contributed by atoms with E-state index in [0.29, 0.717) is 35.8 Å². The predicted octanol–water partition coefficient (Wildman–Crippen LogP) is 3.65. The van der Waals surface area contributed by atoms with E-state index in [9.17, 15) is 9.59 Å². The van der Waals surface area contributed by atoms with Gasteiger partial charge in [-0.25, -0.2) is 4.98 Å². The molecule has 0 saturated carbocycles. The highest BCUT2D eigenvalue weighted by molar-refractivity contribution is 6.39. The second-order valence-corrected chi connectivity index (χ2v) is 7.48. The van der Waals surface area contributed by atoms with Crippen molar-refractivity contribution in [3.63, 3.8) is 0 Å². The van der Waals surface area contributed by atoms with Crippen molar-refractivity contribution < 1.29 is 23.5 Å². The van der Waals surface area contributed by atoms with Crippen molar-refractivity contribution in [1.82, 2.24) is 10.3 Å². The molecule has 0 aliphatic carbocycles. The van der Waals surface area contributed by atoms with Crippen molar-refractivity contribution in [3.05, 3.63) is 61.1 Å². The zero-order chi connectivity index (χ0) is 22.3. The maximum atomic E-state index is 12.4. The predicted molar refractivity (Wildman–Crippen MR) is 116 cm³/mol. The van der Waals surface area contributed by atoms with Gasteiger partial charge in [-0.3, -0.25) is 9.59 Å². The molecule has 8 heteroatoms. The lowest BCUT2D eigenvalue weighted by atomic mass is 10.0. The van der Waals surface area contributed by atoms with E-state index in [2.05, 4.69) is 15.6 Å². The first kappa shape index (κ1) is 21.9. The first-order valence-corrected chi connectivity index (χ1v) is 9.76. The Morgan fingerprint density at radius 2 is 1.87 bits per heavy atom. The summed E-state index contributed by atoms with van der Waals surface area (Å²) in [6.45, 7) is 4.07. The first-order valence-electron chi connectivity index (χ1n) is 9.76. The van der Waals surface area contributed by atoms with Crippen molar-refractivity contribution in [2.24, 2.45) is 0 Å². The molecule has 0 saturated heterocycles. The molecule has 0 atom stereocenters. The number of aromatic nitrogens is 1. The molecule has 0 fully saturated rings. The molecule has 0 bridgehead atoms. The number of rotatable bonds is 8. The van der Waals surface area contributed by atoms with E-state index in [1.165, 1.54) is 13.5 Å². The van der Waals surface area contributed by atoms with Gasteiger partial charge in [-0.05, 0) is 38.1 Å². The Morgan fingerprint density at radius 3 is 2.55 bits per heavy atom. The summed E-state index contributed by atoms with van der Waals surface area (Å²) in [5.41, 5.74) is 0.476. The highest BCUT2D eigenvalue weighted by Gasteiger charge is 2.25. The van der Waals surface area contributed by atoms with Gasteiger partial charge in [0.25, 0.3) is 0 Å². The normalized spacial score (nSPS) is 10.9. The number of nitrogens with one attached hydrogen (secondary N) is 2. The molecule has 1 aromatic heterocycles. The Balaban J connectivity index is 1.55.